The number of rotatable bonds is 3. The maximum Gasteiger partial charge on any atom is 0.305 e. The number of esters is 2. The summed E-state index contributed by atoms with van der Waals surface area (Å²) in [5, 5.41) is 2.61. The van der Waals surface area contributed by atoms with Crippen molar-refractivity contribution >= 4 is 17.8 Å². The van der Waals surface area contributed by atoms with E-state index >= 15 is 0 Å². The van der Waals surface area contributed by atoms with Crippen LogP contribution in [0.3, 0.4) is 0 Å². The average molecular weight is 345 g/mol. The van der Waals surface area contributed by atoms with Gasteiger partial charge in [0.25, 0.3) is 0 Å². The van der Waals surface area contributed by atoms with E-state index in [1.165, 1.54) is 20.8 Å². The second-order valence-corrected chi connectivity index (χ2v) is 6.25. The summed E-state index contributed by atoms with van der Waals surface area (Å²) in [4.78, 5) is 34.4. The summed E-state index contributed by atoms with van der Waals surface area (Å²) in [7, 11) is 0. The third kappa shape index (κ3) is 4.43. The monoisotopic (exact) mass is 345 g/mol. The van der Waals surface area contributed by atoms with Crippen LogP contribution < -0.4 is 5.32 Å². The summed E-state index contributed by atoms with van der Waals surface area (Å²) < 4.78 is 27.6. The highest BCUT2D eigenvalue weighted by atomic mass is 16.8. The number of fused-ring (bicyclic) bond motifs is 1. The van der Waals surface area contributed by atoms with Gasteiger partial charge in [-0.3, -0.25) is 14.4 Å². The molecule has 0 saturated carbocycles. The lowest BCUT2D eigenvalue weighted by atomic mass is 9.95. The Balaban J connectivity index is 2.33. The van der Waals surface area contributed by atoms with Crippen LogP contribution in [0, 0.1) is 0 Å². The van der Waals surface area contributed by atoms with Crippen LogP contribution in [0.25, 0.3) is 0 Å². The topological polar surface area (TPSA) is 109 Å². The molecule has 5 unspecified atom stereocenters. The van der Waals surface area contributed by atoms with Gasteiger partial charge in [0.2, 0.25) is 12.2 Å². The number of hydrogen-bond acceptors (Lipinski definition) is 8. The van der Waals surface area contributed by atoms with E-state index in [-0.39, 0.29) is 12.5 Å². The first-order valence-corrected chi connectivity index (χ1v) is 7.68. The second-order valence-electron chi connectivity index (χ2n) is 6.25. The van der Waals surface area contributed by atoms with Crippen LogP contribution in [-0.2, 0) is 38.1 Å². The van der Waals surface area contributed by atoms with Crippen molar-refractivity contribution in [3.8, 4) is 0 Å². The van der Waals surface area contributed by atoms with Crippen molar-refractivity contribution in [2.75, 3.05) is 6.61 Å². The van der Waals surface area contributed by atoms with Crippen molar-refractivity contribution in [1.29, 1.82) is 0 Å². The molecule has 2 saturated heterocycles. The molecule has 2 fully saturated rings. The standard InChI is InChI=1S/C15H23NO8/c1-7(17)16-11-13(21-8(2)18)12-10(6-20-15(4,5)24-12)23-14(11)22-9(3)19/h10-14H,6H2,1-5H3,(H,16,17). The summed E-state index contributed by atoms with van der Waals surface area (Å²) in [6.45, 7) is 7.38. The highest BCUT2D eigenvalue weighted by Crippen LogP contribution is 2.34. The molecule has 0 aromatic rings. The zero-order valence-electron chi connectivity index (χ0n) is 14.4. The van der Waals surface area contributed by atoms with Crippen molar-refractivity contribution in [3.63, 3.8) is 0 Å². The summed E-state index contributed by atoms with van der Waals surface area (Å²) in [6.07, 6.45) is -3.30. The van der Waals surface area contributed by atoms with Gasteiger partial charge in [-0.2, -0.15) is 0 Å². The minimum absolute atomic E-state index is 0.167. The maximum atomic E-state index is 11.5. The zero-order chi connectivity index (χ0) is 18.1. The van der Waals surface area contributed by atoms with E-state index < -0.39 is 48.4 Å². The van der Waals surface area contributed by atoms with Crippen LogP contribution in [0.15, 0.2) is 0 Å². The Hall–Kier alpha value is -1.71. The first-order valence-electron chi connectivity index (χ1n) is 7.68. The summed E-state index contributed by atoms with van der Waals surface area (Å²) in [5.41, 5.74) is 0. The van der Waals surface area contributed by atoms with Crippen molar-refractivity contribution in [1.82, 2.24) is 5.32 Å². The number of amides is 1. The Morgan fingerprint density at radius 3 is 2.25 bits per heavy atom. The molecule has 24 heavy (non-hydrogen) atoms. The molecule has 1 amide bonds. The molecule has 2 rings (SSSR count). The molecule has 1 N–H and O–H groups in total. The maximum absolute atomic E-state index is 11.5. The summed E-state index contributed by atoms with van der Waals surface area (Å²) >= 11 is 0. The van der Waals surface area contributed by atoms with Gasteiger partial charge in [-0.1, -0.05) is 0 Å². The quantitative estimate of drug-likeness (QED) is 0.704. The molecule has 0 bridgehead atoms. The smallest absolute Gasteiger partial charge is 0.305 e. The minimum Gasteiger partial charge on any atom is -0.457 e. The molecule has 2 heterocycles. The van der Waals surface area contributed by atoms with Gasteiger partial charge in [0.1, 0.15) is 18.2 Å². The Labute approximate surface area is 139 Å². The lowest BCUT2D eigenvalue weighted by molar-refractivity contribution is -0.365. The van der Waals surface area contributed by atoms with Gasteiger partial charge >= 0.3 is 11.9 Å². The zero-order valence-corrected chi connectivity index (χ0v) is 14.4. The molecule has 9 heteroatoms. The number of carbonyl (C=O) groups excluding carboxylic acids is 3. The number of ether oxygens (including phenoxy) is 5. The number of carbonyl (C=O) groups is 3. The Kier molecular flexibility index (Phi) is 5.46. The molecule has 2 aliphatic rings. The lowest BCUT2D eigenvalue weighted by Gasteiger charge is -2.50. The van der Waals surface area contributed by atoms with E-state index in [9.17, 15) is 14.4 Å². The molecule has 0 aliphatic carbocycles. The van der Waals surface area contributed by atoms with Crippen molar-refractivity contribution < 1.29 is 38.1 Å². The van der Waals surface area contributed by atoms with Crippen LogP contribution in [0.2, 0.25) is 0 Å². The highest BCUT2D eigenvalue weighted by Gasteiger charge is 2.54. The van der Waals surface area contributed by atoms with E-state index in [0.29, 0.717) is 0 Å². The average Bonchev–Trinajstić information content (AvgIpc) is 2.41. The summed E-state index contributed by atoms with van der Waals surface area (Å²) in [6, 6.07) is -0.898. The number of hydrogen-bond donors (Lipinski definition) is 1. The minimum atomic E-state index is -1.12. The molecule has 9 nitrogen and oxygen atoms in total. The van der Waals surface area contributed by atoms with Gasteiger partial charge < -0.3 is 29.0 Å². The molecular formula is C15H23NO8. The van der Waals surface area contributed by atoms with Gasteiger partial charge in [0.15, 0.2) is 11.9 Å². The van der Waals surface area contributed by atoms with Crippen molar-refractivity contribution in [3.05, 3.63) is 0 Å². The lowest BCUT2D eigenvalue weighted by Crippen LogP contribution is -2.69. The van der Waals surface area contributed by atoms with Gasteiger partial charge in [-0.25, -0.2) is 0 Å². The molecule has 0 radical (unpaired) electrons. The third-order valence-corrected chi connectivity index (χ3v) is 3.62. The Bertz CT molecular complexity index is 520. The van der Waals surface area contributed by atoms with Crippen molar-refractivity contribution in [2.24, 2.45) is 0 Å². The molecule has 0 spiro atoms. The van der Waals surface area contributed by atoms with Gasteiger partial charge in [-0.15, -0.1) is 0 Å². The fraction of sp³-hybridized carbons (Fsp3) is 0.800. The Morgan fingerprint density at radius 2 is 1.71 bits per heavy atom. The molecule has 2 aliphatic heterocycles. The van der Waals surface area contributed by atoms with Crippen molar-refractivity contribution in [2.45, 2.75) is 71.0 Å². The molecule has 136 valence electrons. The fourth-order valence-corrected chi connectivity index (χ4v) is 2.81. The van der Waals surface area contributed by atoms with Crippen LogP contribution in [0.5, 0.6) is 0 Å². The normalized spacial score (nSPS) is 34.6. The molecule has 0 aromatic heterocycles. The van der Waals surface area contributed by atoms with Gasteiger partial charge in [-0.05, 0) is 13.8 Å². The number of nitrogens with one attached hydrogen (secondary N) is 1. The van der Waals surface area contributed by atoms with Crippen LogP contribution in [0.1, 0.15) is 34.6 Å². The van der Waals surface area contributed by atoms with E-state index in [4.69, 9.17) is 23.7 Å². The first-order chi connectivity index (χ1) is 11.1. The SMILES string of the molecule is CC(=O)NC1C(OC(C)=O)OC2COC(C)(C)OC2C1OC(C)=O. The Morgan fingerprint density at radius 1 is 1.08 bits per heavy atom. The molecule has 0 aromatic carbocycles. The predicted octanol–water partition coefficient (Wildman–Crippen LogP) is -0.138. The van der Waals surface area contributed by atoms with Crippen LogP contribution >= 0.6 is 0 Å². The highest BCUT2D eigenvalue weighted by molar-refractivity contribution is 5.73. The first kappa shape index (κ1) is 18.6. The third-order valence-electron chi connectivity index (χ3n) is 3.62. The van der Waals surface area contributed by atoms with E-state index in [2.05, 4.69) is 5.32 Å². The van der Waals surface area contributed by atoms with Crippen LogP contribution in [0.4, 0.5) is 0 Å². The summed E-state index contributed by atoms with van der Waals surface area (Å²) in [5.74, 6) is -2.43. The predicted molar refractivity (Wildman–Crippen MR) is 78.5 cm³/mol. The van der Waals surface area contributed by atoms with E-state index in [1.54, 1.807) is 13.8 Å². The van der Waals surface area contributed by atoms with Gasteiger partial charge in [0, 0.05) is 20.8 Å². The van der Waals surface area contributed by atoms with Crippen LogP contribution in [-0.4, -0.2) is 60.9 Å². The molecule has 5 atom stereocenters. The van der Waals surface area contributed by atoms with E-state index in [0.717, 1.165) is 0 Å². The second kappa shape index (κ2) is 7.04. The fourth-order valence-electron chi connectivity index (χ4n) is 2.81. The van der Waals surface area contributed by atoms with Gasteiger partial charge in [0.05, 0.1) is 6.61 Å². The molecular weight excluding hydrogens is 322 g/mol. The van der Waals surface area contributed by atoms with E-state index in [1.807, 2.05) is 0 Å². The largest absolute Gasteiger partial charge is 0.457 e.